The minimum Gasteiger partial charge on any atom is -0.384 e. The summed E-state index contributed by atoms with van der Waals surface area (Å²) >= 11 is 0. The topological polar surface area (TPSA) is 67.9 Å². The fourth-order valence-electron chi connectivity index (χ4n) is 3.25. The van der Waals surface area contributed by atoms with E-state index in [2.05, 4.69) is 27.0 Å². The molecule has 22 heavy (non-hydrogen) atoms. The van der Waals surface area contributed by atoms with Gasteiger partial charge in [0.25, 0.3) is 0 Å². The highest BCUT2D eigenvalue weighted by molar-refractivity contribution is 5.97. The number of pyridine rings is 1. The van der Waals surface area contributed by atoms with Gasteiger partial charge in [-0.2, -0.15) is 0 Å². The summed E-state index contributed by atoms with van der Waals surface area (Å²) in [5.41, 5.74) is 7.69. The second kappa shape index (κ2) is 5.91. The third kappa shape index (κ3) is 2.40. The van der Waals surface area contributed by atoms with Crippen LogP contribution in [0.15, 0.2) is 12.1 Å². The first kappa shape index (κ1) is 14.8. The zero-order chi connectivity index (χ0) is 15.7. The van der Waals surface area contributed by atoms with Crippen molar-refractivity contribution in [3.05, 3.63) is 23.7 Å². The van der Waals surface area contributed by atoms with Crippen LogP contribution in [0.2, 0.25) is 0 Å². The minimum absolute atomic E-state index is 0.414. The van der Waals surface area contributed by atoms with Gasteiger partial charge in [0.1, 0.15) is 17.5 Å². The number of nitrogens with two attached hydrogens (primary N) is 1. The van der Waals surface area contributed by atoms with E-state index in [9.17, 15) is 0 Å². The number of nitrogens with zero attached hydrogens (tertiary/aromatic N) is 4. The van der Waals surface area contributed by atoms with Crippen molar-refractivity contribution in [1.82, 2.24) is 15.0 Å². The molecule has 5 nitrogen and oxygen atoms in total. The summed E-state index contributed by atoms with van der Waals surface area (Å²) in [6.45, 7) is 6.98. The number of aryl methyl sites for hydroxylation is 1. The third-order valence-corrected chi connectivity index (χ3v) is 4.12. The molecule has 116 valence electrons. The molecule has 5 heteroatoms. The van der Waals surface area contributed by atoms with Gasteiger partial charge in [0.15, 0.2) is 0 Å². The molecular weight excluding hydrogens is 274 g/mol. The lowest BCUT2D eigenvalue weighted by molar-refractivity contribution is 0.513. The van der Waals surface area contributed by atoms with Gasteiger partial charge in [-0.1, -0.05) is 19.9 Å². The summed E-state index contributed by atoms with van der Waals surface area (Å²) < 4.78 is 0. The van der Waals surface area contributed by atoms with E-state index in [0.29, 0.717) is 11.9 Å². The highest BCUT2D eigenvalue weighted by Crippen LogP contribution is 2.35. The maximum absolute atomic E-state index is 5.90. The molecule has 2 aromatic rings. The molecule has 1 fully saturated rings. The molecule has 0 radical (unpaired) electrons. The van der Waals surface area contributed by atoms with Gasteiger partial charge in [0, 0.05) is 18.7 Å². The number of rotatable bonds is 0. The summed E-state index contributed by atoms with van der Waals surface area (Å²) in [6.07, 6.45) is 7.97. The Morgan fingerprint density at radius 2 is 2.00 bits per heavy atom. The van der Waals surface area contributed by atoms with Crippen LogP contribution in [0.4, 0.5) is 11.6 Å². The number of anilines is 2. The number of nitrogen functional groups attached to an aromatic ring is 1. The summed E-state index contributed by atoms with van der Waals surface area (Å²) in [6, 6.07) is 2.26. The Labute approximate surface area is 131 Å². The molecule has 0 saturated carbocycles. The van der Waals surface area contributed by atoms with Crippen LogP contribution in [0.25, 0.3) is 17.0 Å². The van der Waals surface area contributed by atoms with Gasteiger partial charge in [-0.3, -0.25) is 0 Å². The predicted octanol–water partition coefficient (Wildman–Crippen LogP) is 3.33. The number of aromatic nitrogens is 3. The largest absolute Gasteiger partial charge is 0.384 e. The molecule has 4 rings (SSSR count). The molecule has 0 amide bonds. The first-order valence-corrected chi connectivity index (χ1v) is 8.12. The summed E-state index contributed by atoms with van der Waals surface area (Å²) in [7, 11) is 0. The summed E-state index contributed by atoms with van der Waals surface area (Å²) in [5, 5.41) is 1.03. The normalized spacial score (nSPS) is 19.2. The molecule has 2 aliphatic heterocycles. The van der Waals surface area contributed by atoms with Crippen molar-refractivity contribution in [2.75, 3.05) is 17.2 Å². The Hall–Kier alpha value is -2.17. The van der Waals surface area contributed by atoms with Crippen LogP contribution < -0.4 is 10.6 Å². The van der Waals surface area contributed by atoms with E-state index >= 15 is 0 Å². The molecule has 0 aromatic carbocycles. The first-order valence-electron chi connectivity index (χ1n) is 8.12. The molecule has 0 aliphatic carbocycles. The van der Waals surface area contributed by atoms with Gasteiger partial charge in [-0.15, -0.1) is 0 Å². The molecule has 0 bridgehead atoms. The second-order valence-electron chi connectivity index (χ2n) is 5.54. The Morgan fingerprint density at radius 1 is 1.18 bits per heavy atom. The van der Waals surface area contributed by atoms with E-state index in [1.807, 2.05) is 26.8 Å². The molecule has 0 spiro atoms. The highest BCUT2D eigenvalue weighted by Gasteiger charge is 2.27. The van der Waals surface area contributed by atoms with Gasteiger partial charge >= 0.3 is 0 Å². The lowest BCUT2D eigenvalue weighted by Gasteiger charge is -2.34. The Morgan fingerprint density at radius 3 is 2.82 bits per heavy atom. The van der Waals surface area contributed by atoms with Crippen LogP contribution in [0.5, 0.6) is 0 Å². The Bertz CT molecular complexity index is 717. The average molecular weight is 297 g/mol. The Kier molecular flexibility index (Phi) is 3.96. The summed E-state index contributed by atoms with van der Waals surface area (Å²) in [5.74, 6) is 2.32. The Balaban J connectivity index is 0.000000693. The van der Waals surface area contributed by atoms with Crippen LogP contribution >= 0.6 is 0 Å². The van der Waals surface area contributed by atoms with Crippen LogP contribution in [0, 0.1) is 6.92 Å². The molecular formula is C17H23N5. The number of hydrogen-bond acceptors (Lipinski definition) is 5. The SMILES string of the molecule is CC.Cc1nc2c3c(nc(N)cc3n1)C=CC1CCCCN21. The van der Waals surface area contributed by atoms with Crippen LogP contribution in [0.3, 0.4) is 0 Å². The molecule has 2 aliphatic rings. The number of piperidine rings is 1. The molecule has 1 atom stereocenters. The van der Waals surface area contributed by atoms with Gasteiger partial charge in [0.2, 0.25) is 0 Å². The maximum atomic E-state index is 5.90. The minimum atomic E-state index is 0.414. The predicted molar refractivity (Wildman–Crippen MR) is 91.8 cm³/mol. The van der Waals surface area contributed by atoms with Crippen molar-refractivity contribution < 1.29 is 0 Å². The standard InChI is InChI=1S/C15H17N5.C2H6/c1-9-17-12-8-13(16)19-11-6-5-10-4-2-3-7-20(10)15(18-9)14(11)12;1-2/h5-6,8,10H,2-4,7H2,1H3,(H2,16,19);1-2H3. The van der Waals surface area contributed by atoms with Crippen molar-refractivity contribution in [3.63, 3.8) is 0 Å². The van der Waals surface area contributed by atoms with Gasteiger partial charge in [0.05, 0.1) is 16.6 Å². The van der Waals surface area contributed by atoms with Gasteiger partial charge in [-0.25, -0.2) is 15.0 Å². The van der Waals surface area contributed by atoms with Crippen molar-refractivity contribution in [1.29, 1.82) is 0 Å². The van der Waals surface area contributed by atoms with Gasteiger partial charge in [-0.05, 0) is 32.3 Å². The average Bonchev–Trinajstić information content (AvgIpc) is 2.68. The van der Waals surface area contributed by atoms with E-state index in [1.54, 1.807) is 0 Å². The van der Waals surface area contributed by atoms with Crippen molar-refractivity contribution in [2.45, 2.75) is 46.1 Å². The monoisotopic (exact) mass is 297 g/mol. The second-order valence-corrected chi connectivity index (χ2v) is 5.54. The van der Waals surface area contributed by atoms with Crippen LogP contribution in [0.1, 0.15) is 44.6 Å². The third-order valence-electron chi connectivity index (χ3n) is 4.12. The van der Waals surface area contributed by atoms with E-state index in [-0.39, 0.29) is 0 Å². The number of hydrogen-bond donors (Lipinski definition) is 1. The molecule has 1 saturated heterocycles. The van der Waals surface area contributed by atoms with E-state index in [1.165, 1.54) is 19.3 Å². The molecule has 2 N–H and O–H groups in total. The van der Waals surface area contributed by atoms with Crippen LogP contribution in [-0.4, -0.2) is 27.5 Å². The zero-order valence-electron chi connectivity index (χ0n) is 13.5. The van der Waals surface area contributed by atoms with E-state index in [4.69, 9.17) is 10.7 Å². The van der Waals surface area contributed by atoms with E-state index in [0.717, 1.165) is 34.8 Å². The lowest BCUT2D eigenvalue weighted by atomic mass is 10.0. The van der Waals surface area contributed by atoms with Gasteiger partial charge < -0.3 is 10.6 Å². The zero-order valence-corrected chi connectivity index (χ0v) is 13.5. The maximum Gasteiger partial charge on any atom is 0.142 e. The highest BCUT2D eigenvalue weighted by atomic mass is 15.2. The smallest absolute Gasteiger partial charge is 0.142 e. The van der Waals surface area contributed by atoms with Crippen molar-refractivity contribution >= 4 is 28.6 Å². The molecule has 4 heterocycles. The lowest BCUT2D eigenvalue weighted by Crippen LogP contribution is -2.38. The molecule has 1 unspecified atom stereocenters. The van der Waals surface area contributed by atoms with Crippen LogP contribution in [-0.2, 0) is 0 Å². The first-order chi connectivity index (χ1) is 10.7. The fourth-order valence-corrected chi connectivity index (χ4v) is 3.25. The van der Waals surface area contributed by atoms with E-state index < -0.39 is 0 Å². The molecule has 2 aromatic heterocycles. The van der Waals surface area contributed by atoms with Crippen molar-refractivity contribution in [2.24, 2.45) is 0 Å². The fraction of sp³-hybridized carbons (Fsp3) is 0.471. The van der Waals surface area contributed by atoms with Crippen molar-refractivity contribution in [3.8, 4) is 0 Å². The number of fused-ring (bicyclic) bond motifs is 2. The summed E-state index contributed by atoms with van der Waals surface area (Å²) in [4.78, 5) is 16.1. The quantitative estimate of drug-likeness (QED) is 0.808.